The minimum absolute atomic E-state index is 0.379. The summed E-state index contributed by atoms with van der Waals surface area (Å²) in [5, 5.41) is 9.78. The fourth-order valence-corrected chi connectivity index (χ4v) is 2.17. The summed E-state index contributed by atoms with van der Waals surface area (Å²) in [6, 6.07) is 12.0. The fraction of sp³-hybridized carbons (Fsp3) is 0.263. The van der Waals surface area contributed by atoms with Gasteiger partial charge in [0.15, 0.2) is 0 Å². The Kier molecular flexibility index (Phi) is 5.04. The van der Waals surface area contributed by atoms with Crippen LogP contribution in [0.15, 0.2) is 36.4 Å². The van der Waals surface area contributed by atoms with Crippen molar-refractivity contribution in [2.75, 3.05) is 6.61 Å². The van der Waals surface area contributed by atoms with E-state index in [9.17, 15) is 5.11 Å². The molecule has 0 saturated heterocycles. The summed E-state index contributed by atoms with van der Waals surface area (Å²) in [6.07, 6.45) is 5.14. The molecule has 1 N–H and O–H groups in total. The number of phenolic OH excluding ortho intramolecular Hbond substituents is 1. The molecule has 0 aromatic heterocycles. The highest BCUT2D eigenvalue weighted by Crippen LogP contribution is 2.24. The molecule has 0 radical (unpaired) electrons. The Balaban J connectivity index is 2.10. The fourth-order valence-electron chi connectivity index (χ4n) is 2.17. The van der Waals surface area contributed by atoms with Crippen molar-refractivity contribution in [2.24, 2.45) is 0 Å². The number of aromatic hydroxyl groups is 1. The van der Waals surface area contributed by atoms with Crippen molar-refractivity contribution >= 4 is 12.2 Å². The van der Waals surface area contributed by atoms with Crippen molar-refractivity contribution in [3.8, 4) is 11.5 Å². The van der Waals surface area contributed by atoms with E-state index in [0.29, 0.717) is 5.75 Å². The minimum Gasteiger partial charge on any atom is -0.507 e. The summed E-state index contributed by atoms with van der Waals surface area (Å²) >= 11 is 0. The van der Waals surface area contributed by atoms with Gasteiger partial charge in [0.25, 0.3) is 0 Å². The Labute approximate surface area is 126 Å². The molecule has 0 amide bonds. The van der Waals surface area contributed by atoms with E-state index < -0.39 is 0 Å². The van der Waals surface area contributed by atoms with Crippen molar-refractivity contribution in [3.63, 3.8) is 0 Å². The van der Waals surface area contributed by atoms with Crippen molar-refractivity contribution in [1.82, 2.24) is 0 Å². The van der Waals surface area contributed by atoms with Crippen LogP contribution >= 0.6 is 0 Å². The monoisotopic (exact) mass is 282 g/mol. The van der Waals surface area contributed by atoms with Gasteiger partial charge in [0, 0.05) is 0 Å². The molecule has 0 aliphatic carbocycles. The number of aryl methyl sites for hydroxylation is 2. The van der Waals surface area contributed by atoms with Crippen LogP contribution in [-0.2, 0) is 0 Å². The van der Waals surface area contributed by atoms with Gasteiger partial charge in [-0.3, -0.25) is 0 Å². The van der Waals surface area contributed by atoms with Gasteiger partial charge in [-0.25, -0.2) is 0 Å². The van der Waals surface area contributed by atoms with Crippen LogP contribution in [0.25, 0.3) is 12.2 Å². The summed E-state index contributed by atoms with van der Waals surface area (Å²) in [5.41, 5.74) is 4.02. The Morgan fingerprint density at radius 2 is 1.52 bits per heavy atom. The molecule has 0 aliphatic heterocycles. The van der Waals surface area contributed by atoms with Crippen molar-refractivity contribution in [1.29, 1.82) is 0 Å². The van der Waals surface area contributed by atoms with E-state index in [1.807, 2.05) is 50.2 Å². The lowest BCUT2D eigenvalue weighted by Gasteiger charge is -2.05. The molecule has 2 aromatic rings. The third-order valence-electron chi connectivity index (χ3n) is 3.33. The first-order valence-electron chi connectivity index (χ1n) is 7.31. The summed E-state index contributed by atoms with van der Waals surface area (Å²) in [4.78, 5) is 0. The Morgan fingerprint density at radius 3 is 2.10 bits per heavy atom. The van der Waals surface area contributed by atoms with Gasteiger partial charge in [0.1, 0.15) is 11.5 Å². The van der Waals surface area contributed by atoms with E-state index in [-0.39, 0.29) is 0 Å². The first-order valence-corrected chi connectivity index (χ1v) is 7.31. The molecule has 0 fully saturated rings. The molecule has 2 aromatic carbocycles. The largest absolute Gasteiger partial charge is 0.507 e. The van der Waals surface area contributed by atoms with Crippen LogP contribution in [0.5, 0.6) is 11.5 Å². The van der Waals surface area contributed by atoms with Crippen molar-refractivity contribution < 1.29 is 9.84 Å². The zero-order valence-electron chi connectivity index (χ0n) is 12.9. The Bertz CT molecular complexity index is 602. The molecule has 0 atom stereocenters. The molecule has 2 nitrogen and oxygen atoms in total. The van der Waals surface area contributed by atoms with Gasteiger partial charge in [0.05, 0.1) is 6.61 Å². The quantitative estimate of drug-likeness (QED) is 0.785. The third-order valence-corrected chi connectivity index (χ3v) is 3.33. The van der Waals surface area contributed by atoms with E-state index in [2.05, 4.69) is 19.1 Å². The molecular formula is C19H22O2. The van der Waals surface area contributed by atoms with Crippen LogP contribution in [0.3, 0.4) is 0 Å². The SMILES string of the molecule is CCCOc1ccc(/C=C/c2cc(C)c(O)c(C)c2)cc1. The van der Waals surface area contributed by atoms with E-state index in [4.69, 9.17) is 4.74 Å². The van der Waals surface area contributed by atoms with Crippen LogP contribution in [0.4, 0.5) is 0 Å². The molecule has 0 aliphatic rings. The molecule has 0 bridgehead atoms. The predicted octanol–water partition coefficient (Wildman–Crippen LogP) is 4.97. The average molecular weight is 282 g/mol. The highest BCUT2D eigenvalue weighted by molar-refractivity contribution is 5.71. The molecular weight excluding hydrogens is 260 g/mol. The predicted molar refractivity (Wildman–Crippen MR) is 88.7 cm³/mol. The molecule has 0 spiro atoms. The zero-order chi connectivity index (χ0) is 15.2. The van der Waals surface area contributed by atoms with Crippen LogP contribution in [0.1, 0.15) is 35.6 Å². The van der Waals surface area contributed by atoms with Crippen LogP contribution in [0, 0.1) is 13.8 Å². The van der Waals surface area contributed by atoms with Gasteiger partial charge < -0.3 is 9.84 Å². The van der Waals surface area contributed by atoms with Gasteiger partial charge >= 0.3 is 0 Å². The summed E-state index contributed by atoms with van der Waals surface area (Å²) in [5.74, 6) is 1.29. The number of hydrogen-bond donors (Lipinski definition) is 1. The first kappa shape index (κ1) is 15.2. The maximum absolute atomic E-state index is 9.78. The maximum atomic E-state index is 9.78. The van der Waals surface area contributed by atoms with Gasteiger partial charge in [-0.2, -0.15) is 0 Å². The molecule has 0 unspecified atom stereocenters. The second-order valence-corrected chi connectivity index (χ2v) is 5.25. The molecule has 2 rings (SSSR count). The number of rotatable bonds is 5. The molecule has 0 saturated carbocycles. The Morgan fingerprint density at radius 1 is 0.952 bits per heavy atom. The second-order valence-electron chi connectivity index (χ2n) is 5.25. The van der Waals surface area contributed by atoms with E-state index in [1.54, 1.807) is 0 Å². The van der Waals surface area contributed by atoms with E-state index in [1.165, 1.54) is 0 Å². The summed E-state index contributed by atoms with van der Waals surface area (Å²) in [6.45, 7) is 6.68. The molecule has 110 valence electrons. The lowest BCUT2D eigenvalue weighted by molar-refractivity contribution is 0.317. The summed E-state index contributed by atoms with van der Waals surface area (Å²) in [7, 11) is 0. The Hall–Kier alpha value is -2.22. The number of ether oxygens (including phenoxy) is 1. The number of benzene rings is 2. The highest BCUT2D eigenvalue weighted by Gasteiger charge is 2.01. The molecule has 21 heavy (non-hydrogen) atoms. The van der Waals surface area contributed by atoms with Crippen LogP contribution < -0.4 is 4.74 Å². The highest BCUT2D eigenvalue weighted by atomic mass is 16.5. The van der Waals surface area contributed by atoms with Crippen LogP contribution in [0.2, 0.25) is 0 Å². The lowest BCUT2D eigenvalue weighted by Crippen LogP contribution is -1.94. The third kappa shape index (κ3) is 4.12. The average Bonchev–Trinajstić information content (AvgIpc) is 2.49. The summed E-state index contributed by atoms with van der Waals surface area (Å²) < 4.78 is 5.57. The maximum Gasteiger partial charge on any atom is 0.121 e. The van der Waals surface area contributed by atoms with Gasteiger partial charge in [0.2, 0.25) is 0 Å². The van der Waals surface area contributed by atoms with Gasteiger partial charge in [-0.05, 0) is 66.8 Å². The molecule has 0 heterocycles. The standard InChI is InChI=1S/C19H22O2/c1-4-11-21-18-9-7-16(8-10-18)5-6-17-12-14(2)19(20)15(3)13-17/h5-10,12-13,20H,4,11H2,1-3H3/b6-5+. The zero-order valence-corrected chi connectivity index (χ0v) is 12.9. The topological polar surface area (TPSA) is 29.5 Å². The first-order chi connectivity index (χ1) is 10.1. The minimum atomic E-state index is 0.379. The van der Waals surface area contributed by atoms with Crippen LogP contribution in [-0.4, -0.2) is 11.7 Å². The van der Waals surface area contributed by atoms with Gasteiger partial charge in [-0.1, -0.05) is 31.2 Å². The van der Waals surface area contributed by atoms with E-state index >= 15 is 0 Å². The molecule has 2 heteroatoms. The number of hydrogen-bond acceptors (Lipinski definition) is 2. The number of phenols is 1. The smallest absolute Gasteiger partial charge is 0.121 e. The van der Waals surface area contributed by atoms with E-state index in [0.717, 1.165) is 41.0 Å². The lowest BCUT2D eigenvalue weighted by atomic mass is 10.0. The van der Waals surface area contributed by atoms with Gasteiger partial charge in [-0.15, -0.1) is 0 Å². The van der Waals surface area contributed by atoms with Crippen molar-refractivity contribution in [2.45, 2.75) is 27.2 Å². The normalized spacial score (nSPS) is 11.0. The second kappa shape index (κ2) is 6.98. The van der Waals surface area contributed by atoms with Crippen molar-refractivity contribution in [3.05, 3.63) is 58.7 Å².